The number of carbonyl (C=O) groups excluding carboxylic acids is 1. The molecule has 26 heavy (non-hydrogen) atoms. The summed E-state index contributed by atoms with van der Waals surface area (Å²) < 4.78 is 0. The van der Waals surface area contributed by atoms with Crippen LogP contribution in [0.1, 0.15) is 11.4 Å². The second-order valence-electron chi connectivity index (χ2n) is 6.40. The van der Waals surface area contributed by atoms with Crippen LogP contribution >= 0.6 is 11.6 Å². The summed E-state index contributed by atoms with van der Waals surface area (Å²) in [6.07, 6.45) is 0. The van der Waals surface area contributed by atoms with Crippen LogP contribution in [0.25, 0.3) is 10.9 Å². The molecule has 0 fully saturated rings. The maximum Gasteiger partial charge on any atom is 0.279 e. The van der Waals surface area contributed by atoms with Crippen molar-refractivity contribution in [1.82, 2.24) is 9.97 Å². The molecule has 1 amide bonds. The van der Waals surface area contributed by atoms with Gasteiger partial charge in [-0.2, -0.15) is 0 Å². The van der Waals surface area contributed by atoms with E-state index >= 15 is 0 Å². The Labute approximate surface area is 155 Å². The van der Waals surface area contributed by atoms with Gasteiger partial charge in [-0.05, 0) is 37.3 Å². The Balaban J connectivity index is 1.66. The number of aromatic amines is 1. The molecular weight excluding hydrogens is 352 g/mol. The van der Waals surface area contributed by atoms with E-state index in [1.807, 2.05) is 38.2 Å². The van der Waals surface area contributed by atoms with Gasteiger partial charge in [-0.1, -0.05) is 29.3 Å². The molecular formula is C19H20ClN4O2+. The smallest absolute Gasteiger partial charge is 0.279 e. The number of fused-ring (bicyclic) bond motifs is 1. The van der Waals surface area contributed by atoms with Gasteiger partial charge in [-0.25, -0.2) is 4.98 Å². The topological polar surface area (TPSA) is 79.3 Å². The third-order valence-electron chi connectivity index (χ3n) is 3.98. The van der Waals surface area contributed by atoms with Gasteiger partial charge in [0.25, 0.3) is 11.5 Å². The number of amides is 1. The molecule has 3 N–H and O–H groups in total. The fourth-order valence-corrected chi connectivity index (χ4v) is 2.88. The molecule has 0 aliphatic rings. The Bertz CT molecular complexity index is 999. The van der Waals surface area contributed by atoms with E-state index in [1.165, 1.54) is 0 Å². The zero-order chi connectivity index (χ0) is 18.7. The number of aryl methyl sites for hydroxylation is 1. The van der Waals surface area contributed by atoms with E-state index in [1.54, 1.807) is 18.2 Å². The number of likely N-dealkylation sites (N-methyl/N-ethyl adjacent to an activating group) is 1. The van der Waals surface area contributed by atoms with Crippen molar-refractivity contribution in [3.8, 4) is 0 Å². The van der Waals surface area contributed by atoms with Gasteiger partial charge >= 0.3 is 0 Å². The molecule has 1 atom stereocenters. The molecule has 0 spiro atoms. The molecule has 7 heteroatoms. The van der Waals surface area contributed by atoms with Crippen LogP contribution in [0.4, 0.5) is 5.69 Å². The Morgan fingerprint density at radius 3 is 2.69 bits per heavy atom. The quantitative estimate of drug-likeness (QED) is 0.636. The van der Waals surface area contributed by atoms with Crippen LogP contribution in [0, 0.1) is 6.92 Å². The maximum absolute atomic E-state index is 12.2. The Morgan fingerprint density at radius 1 is 1.23 bits per heavy atom. The van der Waals surface area contributed by atoms with Gasteiger partial charge in [-0.3, -0.25) is 9.59 Å². The van der Waals surface area contributed by atoms with Crippen molar-refractivity contribution in [2.24, 2.45) is 0 Å². The molecule has 6 nitrogen and oxygen atoms in total. The van der Waals surface area contributed by atoms with Crippen molar-refractivity contribution in [2.45, 2.75) is 13.5 Å². The van der Waals surface area contributed by atoms with E-state index in [0.29, 0.717) is 28.3 Å². The summed E-state index contributed by atoms with van der Waals surface area (Å²) in [4.78, 5) is 32.5. The molecule has 0 aliphatic heterocycles. The standard InChI is InChI=1S/C19H19ClN4O2/c1-12-3-6-14(7-4-12)21-18(25)11-24(2)10-17-22-16-9-13(20)5-8-15(16)19(26)23-17/h3-9H,10-11H2,1-2H3,(H,21,25)(H,22,23,26)/p+1. The average molecular weight is 372 g/mol. The number of benzene rings is 2. The van der Waals surface area contributed by atoms with Crippen molar-refractivity contribution < 1.29 is 9.69 Å². The molecule has 0 saturated carbocycles. The summed E-state index contributed by atoms with van der Waals surface area (Å²) in [5.74, 6) is 0.419. The van der Waals surface area contributed by atoms with Crippen LogP contribution in [0.5, 0.6) is 0 Å². The second kappa shape index (κ2) is 7.68. The summed E-state index contributed by atoms with van der Waals surface area (Å²) in [6, 6.07) is 12.6. The van der Waals surface area contributed by atoms with E-state index < -0.39 is 0 Å². The number of nitrogens with one attached hydrogen (secondary N) is 3. The first kappa shape index (κ1) is 18.1. The van der Waals surface area contributed by atoms with Gasteiger partial charge in [-0.15, -0.1) is 0 Å². The van der Waals surface area contributed by atoms with Gasteiger partial charge < -0.3 is 15.2 Å². The number of anilines is 1. The first-order chi connectivity index (χ1) is 12.4. The first-order valence-corrected chi connectivity index (χ1v) is 8.65. The summed E-state index contributed by atoms with van der Waals surface area (Å²) in [7, 11) is 1.87. The van der Waals surface area contributed by atoms with Crippen LogP contribution in [0.2, 0.25) is 5.02 Å². The van der Waals surface area contributed by atoms with Crippen molar-refractivity contribution in [2.75, 3.05) is 18.9 Å². The highest BCUT2D eigenvalue weighted by molar-refractivity contribution is 6.31. The first-order valence-electron chi connectivity index (χ1n) is 8.27. The average Bonchev–Trinajstić information content (AvgIpc) is 2.56. The molecule has 134 valence electrons. The number of hydrogen-bond acceptors (Lipinski definition) is 3. The molecule has 0 radical (unpaired) electrons. The lowest BCUT2D eigenvalue weighted by Crippen LogP contribution is -3.08. The monoisotopic (exact) mass is 371 g/mol. The molecule has 1 unspecified atom stereocenters. The number of aromatic nitrogens is 2. The Hall–Kier alpha value is -2.70. The molecule has 0 aliphatic carbocycles. The van der Waals surface area contributed by atoms with E-state index in [2.05, 4.69) is 15.3 Å². The lowest BCUT2D eigenvalue weighted by atomic mass is 10.2. The third kappa shape index (κ3) is 4.47. The molecule has 1 heterocycles. The SMILES string of the molecule is Cc1ccc(NC(=O)C[NH+](C)Cc2nc3cc(Cl)ccc3c(=O)[nH]2)cc1. The minimum Gasteiger partial charge on any atom is -0.323 e. The van der Waals surface area contributed by atoms with Gasteiger partial charge in [0.15, 0.2) is 12.4 Å². The number of hydrogen-bond donors (Lipinski definition) is 3. The van der Waals surface area contributed by atoms with E-state index in [9.17, 15) is 9.59 Å². The summed E-state index contributed by atoms with van der Waals surface area (Å²) in [5, 5.41) is 3.89. The normalized spacial score (nSPS) is 12.1. The summed E-state index contributed by atoms with van der Waals surface area (Å²) >= 11 is 5.97. The molecule has 3 aromatic rings. The highest BCUT2D eigenvalue weighted by Gasteiger charge is 2.13. The van der Waals surface area contributed by atoms with Crippen molar-refractivity contribution >= 4 is 34.1 Å². The lowest BCUT2D eigenvalue weighted by Gasteiger charge is -2.13. The van der Waals surface area contributed by atoms with Crippen LogP contribution in [-0.2, 0) is 11.3 Å². The summed E-state index contributed by atoms with van der Waals surface area (Å²) in [5.41, 5.74) is 2.24. The Kier molecular flexibility index (Phi) is 5.35. The molecule has 2 aromatic carbocycles. The van der Waals surface area contributed by atoms with Crippen LogP contribution in [0.15, 0.2) is 47.3 Å². The number of quaternary nitrogens is 1. The van der Waals surface area contributed by atoms with Gasteiger partial charge in [0.2, 0.25) is 0 Å². The van der Waals surface area contributed by atoms with Crippen molar-refractivity contribution in [1.29, 1.82) is 0 Å². The second-order valence-corrected chi connectivity index (χ2v) is 6.84. The largest absolute Gasteiger partial charge is 0.323 e. The van der Waals surface area contributed by atoms with Crippen LogP contribution in [0.3, 0.4) is 0 Å². The molecule has 1 aromatic heterocycles. The van der Waals surface area contributed by atoms with Gasteiger partial charge in [0.05, 0.1) is 18.0 Å². The van der Waals surface area contributed by atoms with Crippen molar-refractivity contribution in [3.05, 3.63) is 69.2 Å². The minimum absolute atomic E-state index is 0.0995. The maximum atomic E-state index is 12.2. The van der Waals surface area contributed by atoms with Crippen LogP contribution in [-0.4, -0.2) is 29.5 Å². The predicted molar refractivity (Wildman–Crippen MR) is 103 cm³/mol. The number of carbonyl (C=O) groups is 1. The van der Waals surface area contributed by atoms with E-state index in [0.717, 1.165) is 16.2 Å². The van der Waals surface area contributed by atoms with E-state index in [4.69, 9.17) is 11.6 Å². The zero-order valence-electron chi connectivity index (χ0n) is 14.6. The van der Waals surface area contributed by atoms with Crippen LogP contribution < -0.4 is 15.8 Å². The third-order valence-corrected chi connectivity index (χ3v) is 4.22. The highest BCUT2D eigenvalue weighted by atomic mass is 35.5. The molecule has 3 rings (SSSR count). The fourth-order valence-electron chi connectivity index (χ4n) is 2.71. The Morgan fingerprint density at radius 2 is 1.96 bits per heavy atom. The number of H-pyrrole nitrogens is 1. The fraction of sp³-hybridized carbons (Fsp3) is 0.211. The van der Waals surface area contributed by atoms with Gasteiger partial charge in [0.1, 0.15) is 6.54 Å². The molecule has 0 saturated heterocycles. The number of halogens is 1. The molecule has 0 bridgehead atoms. The minimum atomic E-state index is -0.210. The summed E-state index contributed by atoms with van der Waals surface area (Å²) in [6.45, 7) is 2.66. The zero-order valence-corrected chi connectivity index (χ0v) is 15.4. The van der Waals surface area contributed by atoms with E-state index in [-0.39, 0.29) is 18.0 Å². The van der Waals surface area contributed by atoms with Gasteiger partial charge in [0, 0.05) is 10.7 Å². The lowest BCUT2D eigenvalue weighted by molar-refractivity contribution is -0.885. The highest BCUT2D eigenvalue weighted by Crippen LogP contribution is 2.14. The predicted octanol–water partition coefficient (Wildman–Crippen LogP) is 1.54. The number of rotatable bonds is 5. The van der Waals surface area contributed by atoms with Crippen molar-refractivity contribution in [3.63, 3.8) is 0 Å². The number of nitrogens with zero attached hydrogens (tertiary/aromatic N) is 1.